The van der Waals surface area contributed by atoms with Gasteiger partial charge in [-0.15, -0.1) is 0 Å². The Hall–Kier alpha value is -0.700. The first-order chi connectivity index (χ1) is 7.87. The zero-order valence-corrected chi connectivity index (χ0v) is 10.6. The van der Waals surface area contributed by atoms with Crippen LogP contribution in [-0.2, 0) is 14.9 Å². The molecule has 0 saturated carbocycles. The third-order valence-electron chi connectivity index (χ3n) is 2.18. The zero-order valence-electron chi connectivity index (χ0n) is 9.76. The van der Waals surface area contributed by atoms with Crippen molar-refractivity contribution in [3.63, 3.8) is 0 Å². The molecule has 1 atom stereocenters. The van der Waals surface area contributed by atoms with Crippen molar-refractivity contribution in [2.45, 2.75) is 31.7 Å². The zero-order chi connectivity index (χ0) is 13.3. The van der Waals surface area contributed by atoms with Crippen molar-refractivity contribution in [3.05, 3.63) is 0 Å². The molecule has 0 bridgehead atoms. The number of carbonyl (C=O) groups is 1. The molecular formula is C9H21N3O4S. The minimum Gasteiger partial charge on any atom is -0.355 e. The predicted molar refractivity (Wildman–Crippen MR) is 64.9 cm³/mol. The molecule has 0 unspecified atom stereocenters. The van der Waals surface area contributed by atoms with Crippen molar-refractivity contribution in [2.24, 2.45) is 11.5 Å². The largest absolute Gasteiger partial charge is 0.355 e. The molecule has 1 amide bonds. The van der Waals surface area contributed by atoms with E-state index in [1.165, 1.54) is 0 Å². The lowest BCUT2D eigenvalue weighted by Crippen LogP contribution is -2.41. The van der Waals surface area contributed by atoms with E-state index in [0.717, 1.165) is 12.8 Å². The SMILES string of the molecule is NCCCC[C@H](N)C(=O)NCCCS(=O)(=O)O. The molecule has 0 aliphatic heterocycles. The summed E-state index contributed by atoms with van der Waals surface area (Å²) in [4.78, 5) is 11.4. The average Bonchev–Trinajstić information content (AvgIpc) is 2.23. The quantitative estimate of drug-likeness (QED) is 0.307. The summed E-state index contributed by atoms with van der Waals surface area (Å²) in [5.41, 5.74) is 10.9. The van der Waals surface area contributed by atoms with Gasteiger partial charge in [0.25, 0.3) is 10.1 Å². The van der Waals surface area contributed by atoms with Gasteiger partial charge in [-0.25, -0.2) is 0 Å². The van der Waals surface area contributed by atoms with Crippen molar-refractivity contribution >= 4 is 16.0 Å². The fraction of sp³-hybridized carbons (Fsp3) is 0.889. The van der Waals surface area contributed by atoms with E-state index in [0.29, 0.717) is 13.0 Å². The van der Waals surface area contributed by atoms with Gasteiger partial charge in [0.2, 0.25) is 5.91 Å². The molecule has 8 heteroatoms. The van der Waals surface area contributed by atoms with E-state index in [9.17, 15) is 13.2 Å². The van der Waals surface area contributed by atoms with Gasteiger partial charge in [-0.3, -0.25) is 9.35 Å². The van der Waals surface area contributed by atoms with E-state index in [-0.39, 0.29) is 24.6 Å². The summed E-state index contributed by atoms with van der Waals surface area (Å²) in [6.07, 6.45) is 2.33. The molecule has 0 aromatic rings. The second kappa shape index (κ2) is 8.40. The standard InChI is InChI=1S/C9H21N3O4S/c10-5-2-1-4-8(11)9(13)12-6-3-7-17(14,15)16/h8H,1-7,10-11H2,(H,12,13)(H,14,15,16)/t8-/m0/s1. The molecule has 0 saturated heterocycles. The van der Waals surface area contributed by atoms with Gasteiger partial charge in [0.15, 0.2) is 0 Å². The third kappa shape index (κ3) is 10.2. The number of nitrogens with two attached hydrogens (primary N) is 2. The number of rotatable bonds is 9. The van der Waals surface area contributed by atoms with E-state index in [1.807, 2.05) is 0 Å². The number of carbonyl (C=O) groups excluding carboxylic acids is 1. The summed E-state index contributed by atoms with van der Waals surface area (Å²) in [6.45, 7) is 0.756. The summed E-state index contributed by atoms with van der Waals surface area (Å²) >= 11 is 0. The first-order valence-corrected chi connectivity index (χ1v) is 7.16. The number of amides is 1. The maximum absolute atomic E-state index is 11.4. The Bertz CT molecular complexity index is 318. The molecule has 0 aliphatic carbocycles. The monoisotopic (exact) mass is 267 g/mol. The van der Waals surface area contributed by atoms with Crippen molar-refractivity contribution in [1.29, 1.82) is 0 Å². The summed E-state index contributed by atoms with van der Waals surface area (Å²) in [7, 11) is -3.96. The summed E-state index contributed by atoms with van der Waals surface area (Å²) < 4.78 is 29.2. The maximum atomic E-state index is 11.4. The lowest BCUT2D eigenvalue weighted by Gasteiger charge is -2.11. The molecule has 6 N–H and O–H groups in total. The van der Waals surface area contributed by atoms with Gasteiger partial charge >= 0.3 is 0 Å². The highest BCUT2D eigenvalue weighted by Gasteiger charge is 2.12. The summed E-state index contributed by atoms with van der Waals surface area (Å²) in [5, 5.41) is 2.51. The van der Waals surface area contributed by atoms with Crippen LogP contribution in [0.4, 0.5) is 0 Å². The van der Waals surface area contributed by atoms with Crippen LogP contribution in [0.25, 0.3) is 0 Å². The van der Waals surface area contributed by atoms with Crippen LogP contribution in [-0.4, -0.2) is 43.8 Å². The van der Waals surface area contributed by atoms with E-state index in [2.05, 4.69) is 5.32 Å². The first-order valence-electron chi connectivity index (χ1n) is 5.55. The number of unbranched alkanes of at least 4 members (excludes halogenated alkanes) is 1. The van der Waals surface area contributed by atoms with Crippen molar-refractivity contribution in [3.8, 4) is 0 Å². The first kappa shape index (κ1) is 16.3. The molecule has 17 heavy (non-hydrogen) atoms. The topological polar surface area (TPSA) is 136 Å². The highest BCUT2D eigenvalue weighted by Crippen LogP contribution is 1.98. The molecule has 0 heterocycles. The normalized spacial score (nSPS) is 13.4. The molecule has 102 valence electrons. The van der Waals surface area contributed by atoms with Crippen LogP contribution >= 0.6 is 0 Å². The highest BCUT2D eigenvalue weighted by atomic mass is 32.2. The summed E-state index contributed by atoms with van der Waals surface area (Å²) in [6, 6.07) is -0.590. The Morgan fingerprint density at radius 1 is 1.29 bits per heavy atom. The van der Waals surface area contributed by atoms with E-state index in [4.69, 9.17) is 16.0 Å². The Morgan fingerprint density at radius 2 is 1.94 bits per heavy atom. The van der Waals surface area contributed by atoms with E-state index >= 15 is 0 Å². The second-order valence-electron chi connectivity index (χ2n) is 3.82. The van der Waals surface area contributed by atoms with Gasteiger partial charge in [-0.05, 0) is 25.8 Å². The predicted octanol–water partition coefficient (Wildman–Crippen LogP) is -1.16. The number of hydrogen-bond acceptors (Lipinski definition) is 5. The van der Waals surface area contributed by atoms with Crippen molar-refractivity contribution in [1.82, 2.24) is 5.32 Å². The van der Waals surface area contributed by atoms with Crippen LogP contribution < -0.4 is 16.8 Å². The van der Waals surface area contributed by atoms with Gasteiger partial charge < -0.3 is 16.8 Å². The van der Waals surface area contributed by atoms with E-state index in [1.54, 1.807) is 0 Å². The van der Waals surface area contributed by atoms with Crippen LogP contribution in [0.2, 0.25) is 0 Å². The van der Waals surface area contributed by atoms with E-state index < -0.39 is 16.2 Å². The van der Waals surface area contributed by atoms with Gasteiger partial charge in [-0.1, -0.05) is 6.42 Å². The minimum absolute atomic E-state index is 0.167. The lowest BCUT2D eigenvalue weighted by molar-refractivity contribution is -0.122. The van der Waals surface area contributed by atoms with Crippen molar-refractivity contribution < 1.29 is 17.8 Å². The molecule has 0 fully saturated rings. The Labute approximate surface area is 102 Å². The van der Waals surface area contributed by atoms with Crippen molar-refractivity contribution in [2.75, 3.05) is 18.8 Å². The fourth-order valence-electron chi connectivity index (χ4n) is 1.24. The number of nitrogens with one attached hydrogen (secondary N) is 1. The van der Waals surface area contributed by atoms with Gasteiger partial charge in [0.1, 0.15) is 0 Å². The Morgan fingerprint density at radius 3 is 2.47 bits per heavy atom. The second-order valence-corrected chi connectivity index (χ2v) is 5.39. The minimum atomic E-state index is -3.96. The Balaban J connectivity index is 3.64. The fourth-order valence-corrected chi connectivity index (χ4v) is 1.75. The molecular weight excluding hydrogens is 246 g/mol. The lowest BCUT2D eigenvalue weighted by atomic mass is 10.1. The molecule has 0 aliphatic rings. The molecule has 0 radical (unpaired) electrons. The molecule has 0 aromatic carbocycles. The van der Waals surface area contributed by atoms with Crippen LogP contribution in [0, 0.1) is 0 Å². The van der Waals surface area contributed by atoms with Crippen LogP contribution in [0.5, 0.6) is 0 Å². The van der Waals surface area contributed by atoms with Crippen LogP contribution in [0.3, 0.4) is 0 Å². The molecule has 0 rings (SSSR count). The van der Waals surface area contributed by atoms with Gasteiger partial charge in [0.05, 0.1) is 11.8 Å². The van der Waals surface area contributed by atoms with Crippen LogP contribution in [0.15, 0.2) is 0 Å². The summed E-state index contributed by atoms with van der Waals surface area (Å²) in [5.74, 6) is -0.673. The van der Waals surface area contributed by atoms with Gasteiger partial charge in [-0.2, -0.15) is 8.42 Å². The third-order valence-corrected chi connectivity index (χ3v) is 2.99. The van der Waals surface area contributed by atoms with Crippen LogP contribution in [0.1, 0.15) is 25.7 Å². The molecule has 0 aromatic heterocycles. The number of hydrogen-bond donors (Lipinski definition) is 4. The average molecular weight is 267 g/mol. The molecule has 7 nitrogen and oxygen atoms in total. The smallest absolute Gasteiger partial charge is 0.264 e. The molecule has 0 spiro atoms. The Kier molecular flexibility index (Phi) is 8.05. The maximum Gasteiger partial charge on any atom is 0.264 e. The highest BCUT2D eigenvalue weighted by molar-refractivity contribution is 7.85. The van der Waals surface area contributed by atoms with Gasteiger partial charge in [0, 0.05) is 6.54 Å².